The Morgan fingerprint density at radius 2 is 2.11 bits per heavy atom. The molecule has 1 atom stereocenters. The molecule has 2 N–H and O–H groups in total. The van der Waals surface area contributed by atoms with Crippen LogP contribution < -0.4 is 5.73 Å². The van der Waals surface area contributed by atoms with Crippen LogP contribution in [0.3, 0.4) is 0 Å². The molecule has 2 heterocycles. The number of aromatic nitrogens is 1. The molecular formula is C14H14N2OS. The van der Waals surface area contributed by atoms with Crippen molar-refractivity contribution in [3.8, 4) is 0 Å². The zero-order chi connectivity index (χ0) is 12.7. The molecule has 1 aromatic carbocycles. The standard InChI is InChI=1S/C14H14N2OS/c1-8-3-4-11-10(5-8)6-12(17-11)14(15)13-7-16-9(2)18-13/h3-7,14H,15H2,1-2H3. The Morgan fingerprint density at radius 1 is 1.28 bits per heavy atom. The van der Waals surface area contributed by atoms with Crippen LogP contribution >= 0.6 is 11.3 Å². The highest BCUT2D eigenvalue weighted by Gasteiger charge is 2.16. The van der Waals surface area contributed by atoms with E-state index in [9.17, 15) is 0 Å². The number of rotatable bonds is 2. The van der Waals surface area contributed by atoms with Gasteiger partial charge >= 0.3 is 0 Å². The summed E-state index contributed by atoms with van der Waals surface area (Å²) >= 11 is 1.61. The van der Waals surface area contributed by atoms with Gasteiger partial charge in [-0.25, -0.2) is 4.98 Å². The van der Waals surface area contributed by atoms with Gasteiger partial charge < -0.3 is 10.2 Å². The van der Waals surface area contributed by atoms with Crippen molar-refractivity contribution in [2.24, 2.45) is 5.73 Å². The summed E-state index contributed by atoms with van der Waals surface area (Å²) in [4.78, 5) is 5.26. The first kappa shape index (κ1) is 11.4. The number of hydrogen-bond acceptors (Lipinski definition) is 4. The maximum atomic E-state index is 6.21. The molecule has 1 unspecified atom stereocenters. The predicted molar refractivity (Wildman–Crippen MR) is 73.8 cm³/mol. The number of nitrogens with two attached hydrogens (primary N) is 1. The SMILES string of the molecule is Cc1ccc2oc(C(N)c3cnc(C)s3)cc2c1. The molecule has 3 rings (SSSR count). The molecule has 0 saturated heterocycles. The largest absolute Gasteiger partial charge is 0.459 e. The van der Waals surface area contributed by atoms with Crippen molar-refractivity contribution < 1.29 is 4.42 Å². The lowest BCUT2D eigenvalue weighted by molar-refractivity contribution is 0.527. The molecule has 2 aromatic heterocycles. The van der Waals surface area contributed by atoms with Crippen molar-refractivity contribution in [2.75, 3.05) is 0 Å². The van der Waals surface area contributed by atoms with E-state index in [0.717, 1.165) is 26.6 Å². The molecule has 0 amide bonds. The monoisotopic (exact) mass is 258 g/mol. The second-order valence-electron chi connectivity index (χ2n) is 4.45. The van der Waals surface area contributed by atoms with Crippen LogP contribution in [0.25, 0.3) is 11.0 Å². The van der Waals surface area contributed by atoms with Crippen LogP contribution in [0.4, 0.5) is 0 Å². The first-order chi connectivity index (χ1) is 8.63. The van der Waals surface area contributed by atoms with Gasteiger partial charge in [0, 0.05) is 16.5 Å². The number of fused-ring (bicyclic) bond motifs is 1. The number of thiazole rings is 1. The molecule has 92 valence electrons. The normalized spacial score (nSPS) is 13.1. The minimum atomic E-state index is -0.232. The van der Waals surface area contributed by atoms with Crippen LogP contribution in [0.1, 0.15) is 27.3 Å². The molecule has 0 saturated carbocycles. The molecule has 0 bridgehead atoms. The van der Waals surface area contributed by atoms with Gasteiger partial charge in [0.1, 0.15) is 11.3 Å². The van der Waals surface area contributed by atoms with Gasteiger partial charge in [-0.1, -0.05) is 11.6 Å². The summed E-state index contributed by atoms with van der Waals surface area (Å²) < 4.78 is 5.80. The molecule has 0 aliphatic heterocycles. The summed E-state index contributed by atoms with van der Waals surface area (Å²) in [6, 6.07) is 7.91. The summed E-state index contributed by atoms with van der Waals surface area (Å²) in [5.41, 5.74) is 8.31. The van der Waals surface area contributed by atoms with E-state index in [1.54, 1.807) is 11.3 Å². The van der Waals surface area contributed by atoms with E-state index in [-0.39, 0.29) is 6.04 Å². The van der Waals surface area contributed by atoms with Crippen LogP contribution in [0, 0.1) is 13.8 Å². The number of furan rings is 1. The van der Waals surface area contributed by atoms with Crippen LogP contribution in [0.2, 0.25) is 0 Å². The third-order valence-electron chi connectivity index (χ3n) is 2.94. The average molecular weight is 258 g/mol. The lowest BCUT2D eigenvalue weighted by Crippen LogP contribution is -2.08. The maximum absolute atomic E-state index is 6.21. The summed E-state index contributed by atoms with van der Waals surface area (Å²) in [6.07, 6.45) is 1.82. The van der Waals surface area contributed by atoms with E-state index >= 15 is 0 Å². The Balaban J connectivity index is 2.03. The van der Waals surface area contributed by atoms with Crippen LogP contribution in [0.5, 0.6) is 0 Å². The molecular weight excluding hydrogens is 244 g/mol. The van der Waals surface area contributed by atoms with Gasteiger partial charge in [0.25, 0.3) is 0 Å². The second kappa shape index (κ2) is 4.23. The average Bonchev–Trinajstić information content (AvgIpc) is 2.93. The van der Waals surface area contributed by atoms with E-state index in [0.29, 0.717) is 0 Å². The van der Waals surface area contributed by atoms with Crippen LogP contribution in [-0.4, -0.2) is 4.98 Å². The van der Waals surface area contributed by atoms with E-state index in [4.69, 9.17) is 10.2 Å². The lowest BCUT2D eigenvalue weighted by atomic mass is 10.1. The Kier molecular flexibility index (Phi) is 2.69. The van der Waals surface area contributed by atoms with E-state index in [2.05, 4.69) is 18.0 Å². The van der Waals surface area contributed by atoms with Crippen LogP contribution in [0.15, 0.2) is 34.9 Å². The maximum Gasteiger partial charge on any atom is 0.134 e. The summed E-state index contributed by atoms with van der Waals surface area (Å²) in [6.45, 7) is 4.04. The number of aryl methyl sites for hydroxylation is 2. The smallest absolute Gasteiger partial charge is 0.134 e. The van der Waals surface area contributed by atoms with Gasteiger partial charge in [0.2, 0.25) is 0 Å². The highest BCUT2D eigenvalue weighted by atomic mass is 32.1. The third-order valence-corrected chi connectivity index (χ3v) is 3.94. The predicted octanol–water partition coefficient (Wildman–Crippen LogP) is 3.55. The number of benzene rings is 1. The molecule has 18 heavy (non-hydrogen) atoms. The van der Waals surface area contributed by atoms with E-state index < -0.39 is 0 Å². The Hall–Kier alpha value is -1.65. The quantitative estimate of drug-likeness (QED) is 0.764. The highest BCUT2D eigenvalue weighted by molar-refractivity contribution is 7.11. The zero-order valence-electron chi connectivity index (χ0n) is 10.3. The van der Waals surface area contributed by atoms with Crippen molar-refractivity contribution in [1.82, 2.24) is 4.98 Å². The fraction of sp³-hybridized carbons (Fsp3) is 0.214. The zero-order valence-corrected chi connectivity index (χ0v) is 11.1. The summed E-state index contributed by atoms with van der Waals surface area (Å²) in [7, 11) is 0. The fourth-order valence-electron chi connectivity index (χ4n) is 2.00. The minimum Gasteiger partial charge on any atom is -0.459 e. The van der Waals surface area contributed by atoms with Crippen molar-refractivity contribution in [3.05, 3.63) is 51.7 Å². The first-order valence-corrected chi connectivity index (χ1v) is 6.63. The first-order valence-electron chi connectivity index (χ1n) is 5.81. The van der Waals surface area contributed by atoms with Crippen molar-refractivity contribution in [1.29, 1.82) is 0 Å². The van der Waals surface area contributed by atoms with E-state index in [1.165, 1.54) is 5.56 Å². The Labute approximate surface area is 109 Å². The highest BCUT2D eigenvalue weighted by Crippen LogP contribution is 2.29. The molecule has 0 aliphatic rings. The van der Waals surface area contributed by atoms with Crippen molar-refractivity contribution >= 4 is 22.3 Å². The fourth-order valence-corrected chi connectivity index (χ4v) is 2.79. The number of hydrogen-bond donors (Lipinski definition) is 1. The van der Waals surface area contributed by atoms with Gasteiger partial charge in [0.15, 0.2) is 0 Å². The Morgan fingerprint density at radius 3 is 2.83 bits per heavy atom. The van der Waals surface area contributed by atoms with Gasteiger partial charge in [-0.3, -0.25) is 0 Å². The summed E-state index contributed by atoms with van der Waals surface area (Å²) in [5.74, 6) is 0.791. The number of nitrogens with zero attached hydrogens (tertiary/aromatic N) is 1. The van der Waals surface area contributed by atoms with Crippen molar-refractivity contribution in [3.63, 3.8) is 0 Å². The molecule has 0 fully saturated rings. The third kappa shape index (κ3) is 1.94. The van der Waals surface area contributed by atoms with Gasteiger partial charge in [0.05, 0.1) is 11.0 Å². The Bertz CT molecular complexity index is 699. The molecule has 0 aliphatic carbocycles. The van der Waals surface area contributed by atoms with E-state index in [1.807, 2.05) is 31.3 Å². The van der Waals surface area contributed by atoms with Gasteiger partial charge in [-0.05, 0) is 32.0 Å². The molecule has 3 aromatic rings. The molecule has 4 heteroatoms. The second-order valence-corrected chi connectivity index (χ2v) is 5.72. The topological polar surface area (TPSA) is 52.0 Å². The van der Waals surface area contributed by atoms with Crippen LogP contribution in [-0.2, 0) is 0 Å². The van der Waals surface area contributed by atoms with Crippen molar-refractivity contribution in [2.45, 2.75) is 19.9 Å². The van der Waals surface area contributed by atoms with Gasteiger partial charge in [-0.2, -0.15) is 0 Å². The van der Waals surface area contributed by atoms with Gasteiger partial charge in [-0.15, -0.1) is 11.3 Å². The molecule has 0 spiro atoms. The lowest BCUT2D eigenvalue weighted by Gasteiger charge is -2.03. The molecule has 3 nitrogen and oxygen atoms in total. The minimum absolute atomic E-state index is 0.232. The molecule has 0 radical (unpaired) electrons. The summed E-state index contributed by atoms with van der Waals surface area (Å²) in [5, 5.41) is 2.12.